The van der Waals surface area contributed by atoms with Gasteiger partial charge in [-0.3, -0.25) is 0 Å². The van der Waals surface area contributed by atoms with Crippen LogP contribution in [-0.2, 0) is 9.47 Å². The van der Waals surface area contributed by atoms with Crippen LogP contribution in [0.4, 0.5) is 0 Å². The van der Waals surface area contributed by atoms with Crippen molar-refractivity contribution in [2.75, 3.05) is 33.4 Å². The Hall–Kier alpha value is -0.160. The summed E-state index contributed by atoms with van der Waals surface area (Å²) in [6, 6.07) is 0. The molecule has 4 nitrogen and oxygen atoms in total. The number of ether oxygens (including phenoxy) is 2. The molecule has 0 aromatic rings. The lowest BCUT2D eigenvalue weighted by molar-refractivity contribution is -0.0310. The Morgan fingerprint density at radius 2 is 2.10 bits per heavy atom. The average Bonchev–Trinajstić information content (AvgIpc) is 2.42. The zero-order valence-electron chi connectivity index (χ0n) is 13.4. The summed E-state index contributed by atoms with van der Waals surface area (Å²) < 4.78 is 10.5. The van der Waals surface area contributed by atoms with Gasteiger partial charge in [-0.15, -0.1) is 0 Å². The van der Waals surface area contributed by atoms with Gasteiger partial charge in [0.15, 0.2) is 0 Å². The molecular weight excluding hydrogens is 254 g/mol. The number of nitrogens with one attached hydrogen (secondary N) is 1. The molecule has 0 aromatic heterocycles. The molecule has 0 aliphatic heterocycles. The van der Waals surface area contributed by atoms with Gasteiger partial charge in [-0.2, -0.15) is 0 Å². The minimum atomic E-state index is -0.431. The third-order valence-electron chi connectivity index (χ3n) is 4.13. The van der Waals surface area contributed by atoms with Crippen LogP contribution >= 0.6 is 0 Å². The van der Waals surface area contributed by atoms with E-state index in [0.717, 1.165) is 18.4 Å². The van der Waals surface area contributed by atoms with Gasteiger partial charge in [0.05, 0.1) is 25.4 Å². The van der Waals surface area contributed by atoms with Crippen molar-refractivity contribution < 1.29 is 14.6 Å². The first-order chi connectivity index (χ1) is 9.61. The van der Waals surface area contributed by atoms with Gasteiger partial charge < -0.3 is 19.9 Å². The summed E-state index contributed by atoms with van der Waals surface area (Å²) in [4.78, 5) is 0. The molecule has 0 heterocycles. The molecule has 0 aromatic carbocycles. The van der Waals surface area contributed by atoms with E-state index in [2.05, 4.69) is 12.2 Å². The third kappa shape index (κ3) is 8.20. The molecule has 120 valence electrons. The zero-order valence-corrected chi connectivity index (χ0v) is 13.4. The third-order valence-corrected chi connectivity index (χ3v) is 4.13. The monoisotopic (exact) mass is 287 g/mol. The number of aliphatic hydroxyl groups excluding tert-OH is 1. The van der Waals surface area contributed by atoms with E-state index in [-0.39, 0.29) is 6.10 Å². The van der Waals surface area contributed by atoms with E-state index in [4.69, 9.17) is 9.47 Å². The lowest BCUT2D eigenvalue weighted by Gasteiger charge is -2.26. The molecule has 1 rings (SSSR count). The molecule has 1 aliphatic carbocycles. The Bertz CT molecular complexity index is 238. The van der Waals surface area contributed by atoms with E-state index in [1.165, 1.54) is 32.1 Å². The fraction of sp³-hybridized carbons (Fsp3) is 1.00. The van der Waals surface area contributed by atoms with E-state index >= 15 is 0 Å². The highest BCUT2D eigenvalue weighted by Crippen LogP contribution is 2.30. The Labute approximate surface area is 124 Å². The van der Waals surface area contributed by atoms with E-state index < -0.39 is 6.10 Å². The van der Waals surface area contributed by atoms with Crippen LogP contribution in [-0.4, -0.2) is 50.7 Å². The SMILES string of the molecule is COCC(C)OCC(O)CNCCC1CCCC(C)C1. The summed E-state index contributed by atoms with van der Waals surface area (Å²) in [5, 5.41) is 13.2. The molecule has 0 saturated heterocycles. The quantitative estimate of drug-likeness (QED) is 0.605. The summed E-state index contributed by atoms with van der Waals surface area (Å²) in [6.45, 7) is 6.87. The lowest BCUT2D eigenvalue weighted by Crippen LogP contribution is -2.33. The Morgan fingerprint density at radius 1 is 1.30 bits per heavy atom. The van der Waals surface area contributed by atoms with Crippen LogP contribution < -0.4 is 5.32 Å². The van der Waals surface area contributed by atoms with Crippen molar-refractivity contribution in [2.24, 2.45) is 11.8 Å². The van der Waals surface area contributed by atoms with Crippen LogP contribution in [0.25, 0.3) is 0 Å². The van der Waals surface area contributed by atoms with Gasteiger partial charge >= 0.3 is 0 Å². The normalized spacial score (nSPS) is 26.4. The fourth-order valence-electron chi connectivity index (χ4n) is 3.01. The maximum absolute atomic E-state index is 9.82. The average molecular weight is 287 g/mol. The van der Waals surface area contributed by atoms with Gasteiger partial charge in [0.25, 0.3) is 0 Å². The number of hydrogen-bond donors (Lipinski definition) is 2. The second-order valence-electron chi connectivity index (χ2n) is 6.38. The fourth-order valence-corrected chi connectivity index (χ4v) is 3.01. The summed E-state index contributed by atoms with van der Waals surface area (Å²) in [5.74, 6) is 1.77. The van der Waals surface area contributed by atoms with Crippen LogP contribution in [0.3, 0.4) is 0 Å². The van der Waals surface area contributed by atoms with Gasteiger partial charge in [-0.05, 0) is 38.1 Å². The molecule has 0 amide bonds. The Kier molecular flexibility index (Phi) is 9.44. The number of aliphatic hydroxyl groups is 1. The molecular formula is C16H33NO3. The summed E-state index contributed by atoms with van der Waals surface area (Å²) in [5.41, 5.74) is 0. The van der Waals surface area contributed by atoms with Crippen molar-refractivity contribution >= 4 is 0 Å². The van der Waals surface area contributed by atoms with Gasteiger partial charge in [0.2, 0.25) is 0 Å². The van der Waals surface area contributed by atoms with Crippen LogP contribution in [0.15, 0.2) is 0 Å². The molecule has 1 saturated carbocycles. The minimum Gasteiger partial charge on any atom is -0.389 e. The van der Waals surface area contributed by atoms with Crippen molar-refractivity contribution in [3.63, 3.8) is 0 Å². The molecule has 4 unspecified atom stereocenters. The van der Waals surface area contributed by atoms with Crippen LogP contribution in [0, 0.1) is 11.8 Å². The van der Waals surface area contributed by atoms with Crippen molar-refractivity contribution in [3.05, 3.63) is 0 Å². The molecule has 4 heteroatoms. The smallest absolute Gasteiger partial charge is 0.0897 e. The Morgan fingerprint density at radius 3 is 2.80 bits per heavy atom. The first-order valence-corrected chi connectivity index (χ1v) is 8.11. The molecule has 2 N–H and O–H groups in total. The number of rotatable bonds is 10. The van der Waals surface area contributed by atoms with Crippen LogP contribution in [0.1, 0.15) is 46.0 Å². The van der Waals surface area contributed by atoms with Crippen molar-refractivity contribution in [1.82, 2.24) is 5.32 Å². The van der Waals surface area contributed by atoms with Crippen LogP contribution in [0.5, 0.6) is 0 Å². The molecule has 4 atom stereocenters. The maximum atomic E-state index is 9.82. The molecule has 20 heavy (non-hydrogen) atoms. The maximum Gasteiger partial charge on any atom is 0.0897 e. The van der Waals surface area contributed by atoms with E-state index in [1.54, 1.807) is 7.11 Å². The topological polar surface area (TPSA) is 50.7 Å². The van der Waals surface area contributed by atoms with Gasteiger partial charge in [-0.1, -0.05) is 26.2 Å². The highest BCUT2D eigenvalue weighted by molar-refractivity contribution is 4.71. The Balaban J connectivity index is 1.97. The zero-order chi connectivity index (χ0) is 14.8. The lowest BCUT2D eigenvalue weighted by atomic mass is 9.81. The second-order valence-corrected chi connectivity index (χ2v) is 6.38. The predicted octanol–water partition coefficient (Wildman–Crippen LogP) is 2.20. The molecule has 0 spiro atoms. The van der Waals surface area contributed by atoms with Gasteiger partial charge in [0.1, 0.15) is 0 Å². The van der Waals surface area contributed by atoms with E-state index in [0.29, 0.717) is 19.8 Å². The number of methoxy groups -OCH3 is 1. The van der Waals surface area contributed by atoms with E-state index in [1.807, 2.05) is 6.92 Å². The highest BCUT2D eigenvalue weighted by atomic mass is 16.5. The predicted molar refractivity (Wildman–Crippen MR) is 81.9 cm³/mol. The van der Waals surface area contributed by atoms with Gasteiger partial charge in [0, 0.05) is 13.7 Å². The summed E-state index contributed by atoms with van der Waals surface area (Å²) >= 11 is 0. The number of hydrogen-bond acceptors (Lipinski definition) is 4. The molecule has 1 fully saturated rings. The summed E-state index contributed by atoms with van der Waals surface area (Å²) in [7, 11) is 1.66. The standard InChI is InChI=1S/C16H33NO3/c1-13-5-4-6-15(9-13)7-8-17-10-16(18)12-20-14(2)11-19-3/h13-18H,4-12H2,1-3H3. The molecule has 0 radical (unpaired) electrons. The van der Waals surface area contributed by atoms with Gasteiger partial charge in [-0.25, -0.2) is 0 Å². The minimum absolute atomic E-state index is 0.0402. The summed E-state index contributed by atoms with van der Waals surface area (Å²) in [6.07, 6.45) is 6.39. The second kappa shape index (κ2) is 10.6. The highest BCUT2D eigenvalue weighted by Gasteiger charge is 2.18. The molecule has 0 bridgehead atoms. The first kappa shape index (κ1) is 17.9. The molecule has 1 aliphatic rings. The van der Waals surface area contributed by atoms with E-state index in [9.17, 15) is 5.11 Å². The first-order valence-electron chi connectivity index (χ1n) is 8.11. The van der Waals surface area contributed by atoms with Crippen molar-refractivity contribution in [2.45, 2.75) is 58.2 Å². The largest absolute Gasteiger partial charge is 0.389 e. The van der Waals surface area contributed by atoms with Crippen molar-refractivity contribution in [1.29, 1.82) is 0 Å². The van der Waals surface area contributed by atoms with Crippen LogP contribution in [0.2, 0.25) is 0 Å². The van der Waals surface area contributed by atoms with Crippen molar-refractivity contribution in [3.8, 4) is 0 Å².